The molecule has 0 atom stereocenters. The number of rotatable bonds is 5. The molecule has 1 amide bonds. The van der Waals surface area contributed by atoms with Crippen LogP contribution in [0.15, 0.2) is 24.9 Å². The number of nitrogens with zero attached hydrogens (tertiary/aromatic N) is 3. The number of aromatic nitrogens is 4. The highest BCUT2D eigenvalue weighted by Gasteiger charge is 2.10. The predicted octanol–water partition coefficient (Wildman–Crippen LogP) is 1.22. The summed E-state index contributed by atoms with van der Waals surface area (Å²) in [7, 11) is 0. The van der Waals surface area contributed by atoms with Crippen LogP contribution in [0, 0.1) is 0 Å². The van der Waals surface area contributed by atoms with Gasteiger partial charge in [-0.15, -0.1) is 0 Å². The van der Waals surface area contributed by atoms with Crippen molar-refractivity contribution < 1.29 is 4.79 Å². The number of aromatic amines is 1. The van der Waals surface area contributed by atoms with Crippen LogP contribution in [0.2, 0.25) is 5.02 Å². The van der Waals surface area contributed by atoms with Crippen molar-refractivity contribution in [2.75, 3.05) is 6.54 Å². The molecule has 0 aliphatic rings. The van der Waals surface area contributed by atoms with Crippen LogP contribution in [0.1, 0.15) is 22.7 Å². The summed E-state index contributed by atoms with van der Waals surface area (Å²) in [6.45, 7) is 0.542. The van der Waals surface area contributed by atoms with Crippen LogP contribution in [0.4, 0.5) is 0 Å². The number of carbonyl (C=O) groups excluding carboxylic acids is 1. The Morgan fingerprint density at radius 3 is 3.06 bits per heavy atom. The summed E-state index contributed by atoms with van der Waals surface area (Å²) >= 11 is 5.81. The molecule has 0 radical (unpaired) electrons. The van der Waals surface area contributed by atoms with Gasteiger partial charge >= 0.3 is 0 Å². The standard InChI is InChI=1S/C11H12ClN5O/c12-8-6-13-7-17-10(8)11(18)16-3-1-2-9-14-4-5-15-9/h4-7H,1-3H2,(H,14,15)(H,16,18). The van der Waals surface area contributed by atoms with Crippen LogP contribution in [0.5, 0.6) is 0 Å². The van der Waals surface area contributed by atoms with E-state index in [1.165, 1.54) is 12.5 Å². The maximum Gasteiger partial charge on any atom is 0.271 e. The monoisotopic (exact) mass is 265 g/mol. The molecular formula is C11H12ClN5O. The molecule has 2 aromatic rings. The second-order valence-electron chi connectivity index (χ2n) is 3.61. The molecule has 2 rings (SSSR count). The van der Waals surface area contributed by atoms with Gasteiger partial charge in [-0.05, 0) is 6.42 Å². The quantitative estimate of drug-likeness (QED) is 0.796. The average Bonchev–Trinajstić information content (AvgIpc) is 2.88. The van der Waals surface area contributed by atoms with Crippen LogP contribution in [-0.2, 0) is 6.42 Å². The first-order chi connectivity index (χ1) is 8.77. The molecule has 0 aliphatic heterocycles. The zero-order valence-corrected chi connectivity index (χ0v) is 10.3. The molecule has 0 unspecified atom stereocenters. The minimum absolute atomic E-state index is 0.199. The van der Waals surface area contributed by atoms with Crippen LogP contribution >= 0.6 is 11.6 Å². The highest BCUT2D eigenvalue weighted by molar-refractivity contribution is 6.33. The fraction of sp³-hybridized carbons (Fsp3) is 0.273. The van der Waals surface area contributed by atoms with E-state index in [0.717, 1.165) is 18.7 Å². The van der Waals surface area contributed by atoms with Gasteiger partial charge in [-0.25, -0.2) is 15.0 Å². The van der Waals surface area contributed by atoms with Crippen molar-refractivity contribution in [2.45, 2.75) is 12.8 Å². The summed E-state index contributed by atoms with van der Waals surface area (Å²) in [4.78, 5) is 26.4. The van der Waals surface area contributed by atoms with E-state index in [2.05, 4.69) is 25.3 Å². The van der Waals surface area contributed by atoms with Crippen LogP contribution in [-0.4, -0.2) is 32.4 Å². The summed E-state index contributed by atoms with van der Waals surface area (Å²) in [6.07, 6.45) is 7.74. The predicted molar refractivity (Wildman–Crippen MR) is 66.3 cm³/mol. The van der Waals surface area contributed by atoms with Crippen LogP contribution in [0.25, 0.3) is 0 Å². The van der Waals surface area contributed by atoms with Crippen LogP contribution < -0.4 is 5.32 Å². The normalized spacial score (nSPS) is 10.3. The first-order valence-corrected chi connectivity index (χ1v) is 5.87. The van der Waals surface area contributed by atoms with Crippen LogP contribution in [0.3, 0.4) is 0 Å². The lowest BCUT2D eigenvalue weighted by Crippen LogP contribution is -2.26. The Bertz CT molecular complexity index is 514. The van der Waals surface area contributed by atoms with Gasteiger partial charge < -0.3 is 10.3 Å². The smallest absolute Gasteiger partial charge is 0.271 e. The second kappa shape index (κ2) is 6.11. The number of H-pyrrole nitrogens is 1. The molecule has 0 fully saturated rings. The Labute approximate surface area is 109 Å². The van der Waals surface area contributed by atoms with E-state index in [4.69, 9.17) is 11.6 Å². The Morgan fingerprint density at radius 1 is 1.44 bits per heavy atom. The second-order valence-corrected chi connectivity index (χ2v) is 4.02. The van der Waals surface area contributed by atoms with E-state index in [0.29, 0.717) is 6.54 Å². The highest BCUT2D eigenvalue weighted by Crippen LogP contribution is 2.09. The van der Waals surface area contributed by atoms with Gasteiger partial charge in [-0.3, -0.25) is 4.79 Å². The minimum atomic E-state index is -0.290. The summed E-state index contributed by atoms with van der Waals surface area (Å²) in [5.41, 5.74) is 0.199. The van der Waals surface area contributed by atoms with Crippen molar-refractivity contribution in [2.24, 2.45) is 0 Å². The molecule has 18 heavy (non-hydrogen) atoms. The molecule has 0 aromatic carbocycles. The SMILES string of the molecule is O=C(NCCCc1ncc[nH]1)c1ncncc1Cl. The lowest BCUT2D eigenvalue weighted by Gasteiger charge is -2.04. The Morgan fingerprint density at radius 2 is 2.33 bits per heavy atom. The molecule has 7 heteroatoms. The Hall–Kier alpha value is -1.95. The summed E-state index contributed by atoms with van der Waals surface area (Å²) in [5.74, 6) is 0.617. The Kier molecular flexibility index (Phi) is 4.25. The molecule has 6 nitrogen and oxygen atoms in total. The molecule has 0 saturated heterocycles. The first kappa shape index (κ1) is 12.5. The third-order valence-electron chi connectivity index (χ3n) is 2.31. The molecule has 0 bridgehead atoms. The van der Waals surface area contributed by atoms with Gasteiger partial charge in [0.05, 0.1) is 5.02 Å². The fourth-order valence-corrected chi connectivity index (χ4v) is 1.65. The molecule has 2 heterocycles. The zero-order chi connectivity index (χ0) is 12.8. The average molecular weight is 266 g/mol. The van der Waals surface area contributed by atoms with Crippen molar-refractivity contribution >= 4 is 17.5 Å². The van der Waals surface area contributed by atoms with Gasteiger partial charge in [0.25, 0.3) is 5.91 Å². The number of nitrogens with one attached hydrogen (secondary N) is 2. The van der Waals surface area contributed by atoms with Crippen molar-refractivity contribution in [3.63, 3.8) is 0 Å². The number of carbonyl (C=O) groups is 1. The largest absolute Gasteiger partial charge is 0.351 e. The van der Waals surface area contributed by atoms with E-state index in [9.17, 15) is 4.79 Å². The molecule has 2 aromatic heterocycles. The van der Waals surface area contributed by atoms with Crippen molar-refractivity contribution in [3.8, 4) is 0 Å². The van der Waals surface area contributed by atoms with Gasteiger partial charge in [-0.2, -0.15) is 0 Å². The number of aryl methyl sites for hydroxylation is 1. The molecule has 0 spiro atoms. The number of halogens is 1. The molecule has 2 N–H and O–H groups in total. The molecule has 94 valence electrons. The minimum Gasteiger partial charge on any atom is -0.351 e. The van der Waals surface area contributed by atoms with Gasteiger partial charge in [0.15, 0.2) is 0 Å². The Balaban J connectivity index is 1.77. The van der Waals surface area contributed by atoms with E-state index in [1.54, 1.807) is 12.4 Å². The number of hydrogen-bond donors (Lipinski definition) is 2. The lowest BCUT2D eigenvalue weighted by molar-refractivity contribution is 0.0948. The molecule has 0 aliphatic carbocycles. The highest BCUT2D eigenvalue weighted by atomic mass is 35.5. The number of imidazole rings is 1. The number of hydrogen-bond acceptors (Lipinski definition) is 4. The summed E-state index contributed by atoms with van der Waals surface area (Å²) in [6, 6.07) is 0. The lowest BCUT2D eigenvalue weighted by atomic mass is 10.3. The maximum atomic E-state index is 11.7. The molecule has 0 saturated carbocycles. The van der Waals surface area contributed by atoms with Crippen molar-refractivity contribution in [3.05, 3.63) is 41.5 Å². The zero-order valence-electron chi connectivity index (χ0n) is 9.56. The van der Waals surface area contributed by atoms with E-state index >= 15 is 0 Å². The third-order valence-corrected chi connectivity index (χ3v) is 2.59. The summed E-state index contributed by atoms with van der Waals surface area (Å²) < 4.78 is 0. The van der Waals surface area contributed by atoms with Crippen molar-refractivity contribution in [1.82, 2.24) is 25.3 Å². The summed E-state index contributed by atoms with van der Waals surface area (Å²) in [5, 5.41) is 3.00. The van der Waals surface area contributed by atoms with Gasteiger partial charge in [0, 0.05) is 31.6 Å². The molecular weight excluding hydrogens is 254 g/mol. The van der Waals surface area contributed by atoms with E-state index in [1.807, 2.05) is 0 Å². The number of amides is 1. The van der Waals surface area contributed by atoms with E-state index < -0.39 is 0 Å². The first-order valence-electron chi connectivity index (χ1n) is 5.49. The van der Waals surface area contributed by atoms with Gasteiger partial charge in [0.1, 0.15) is 17.8 Å². The van der Waals surface area contributed by atoms with Gasteiger partial charge in [0.2, 0.25) is 0 Å². The third kappa shape index (κ3) is 3.27. The van der Waals surface area contributed by atoms with E-state index in [-0.39, 0.29) is 16.6 Å². The maximum absolute atomic E-state index is 11.7. The topological polar surface area (TPSA) is 83.6 Å². The van der Waals surface area contributed by atoms with Crippen molar-refractivity contribution in [1.29, 1.82) is 0 Å². The van der Waals surface area contributed by atoms with Gasteiger partial charge in [-0.1, -0.05) is 11.6 Å². The fourth-order valence-electron chi connectivity index (χ4n) is 1.46.